The third-order valence-corrected chi connectivity index (χ3v) is 4.34. The van der Waals surface area contributed by atoms with Crippen LogP contribution in [0.1, 0.15) is 33.5 Å². The second kappa shape index (κ2) is 5.94. The first-order valence-electron chi connectivity index (χ1n) is 7.56. The Bertz CT molecular complexity index is 756. The van der Waals surface area contributed by atoms with Gasteiger partial charge in [0, 0.05) is 5.56 Å². The maximum Gasteiger partial charge on any atom is 0.416 e. The van der Waals surface area contributed by atoms with Crippen LogP contribution in [0, 0.1) is 0 Å². The lowest BCUT2D eigenvalue weighted by Crippen LogP contribution is -2.39. The number of nitrogens with one attached hydrogen (secondary N) is 1. The highest BCUT2D eigenvalue weighted by Gasteiger charge is 2.36. The summed E-state index contributed by atoms with van der Waals surface area (Å²) >= 11 is 0. The van der Waals surface area contributed by atoms with Gasteiger partial charge in [-0.3, -0.25) is 4.79 Å². The Morgan fingerprint density at radius 3 is 2.46 bits per heavy atom. The Hall–Kier alpha value is -2.34. The Morgan fingerprint density at radius 2 is 1.79 bits per heavy atom. The maximum absolute atomic E-state index is 12.5. The first-order chi connectivity index (χ1) is 11.3. The molecule has 1 aliphatic rings. The Labute approximate surface area is 137 Å². The molecule has 0 radical (unpaired) electrons. The number of aryl methyl sites for hydroxylation is 1. The number of benzene rings is 2. The third-order valence-electron chi connectivity index (χ3n) is 4.34. The van der Waals surface area contributed by atoms with Crippen molar-refractivity contribution in [2.75, 3.05) is 6.54 Å². The summed E-state index contributed by atoms with van der Waals surface area (Å²) in [5.74, 6) is -0.512. The minimum Gasteiger partial charge on any atom is -0.383 e. The third kappa shape index (κ3) is 3.14. The zero-order valence-corrected chi connectivity index (χ0v) is 12.7. The minimum atomic E-state index is -4.43. The van der Waals surface area contributed by atoms with Gasteiger partial charge in [-0.25, -0.2) is 0 Å². The van der Waals surface area contributed by atoms with Crippen LogP contribution in [0.3, 0.4) is 0 Å². The van der Waals surface area contributed by atoms with E-state index in [1.54, 1.807) is 0 Å². The van der Waals surface area contributed by atoms with Crippen molar-refractivity contribution in [1.29, 1.82) is 0 Å². The summed E-state index contributed by atoms with van der Waals surface area (Å²) in [6.45, 7) is 0.0177. The highest BCUT2D eigenvalue weighted by Crippen LogP contribution is 2.36. The molecule has 0 fully saturated rings. The first kappa shape index (κ1) is 16.5. The standard InChI is InChI=1S/C18H16F3NO2/c19-18(20,21)14-7-5-13(6-8-14)16(23)22-11-17(24)10-9-12-3-1-2-4-15(12)17/h1-8,24H,9-11H2,(H,22,23). The van der Waals surface area contributed by atoms with Gasteiger partial charge in [0.2, 0.25) is 0 Å². The Morgan fingerprint density at radius 1 is 1.12 bits per heavy atom. The van der Waals surface area contributed by atoms with Crippen LogP contribution in [-0.4, -0.2) is 17.6 Å². The molecule has 3 rings (SSSR count). The monoisotopic (exact) mass is 335 g/mol. The van der Waals surface area contributed by atoms with Gasteiger partial charge in [-0.15, -0.1) is 0 Å². The van der Waals surface area contributed by atoms with Crippen LogP contribution in [0.15, 0.2) is 48.5 Å². The fourth-order valence-electron chi connectivity index (χ4n) is 2.99. The van der Waals surface area contributed by atoms with Gasteiger partial charge in [0.1, 0.15) is 5.60 Å². The van der Waals surface area contributed by atoms with E-state index in [-0.39, 0.29) is 12.1 Å². The average Bonchev–Trinajstić information content (AvgIpc) is 2.90. The van der Waals surface area contributed by atoms with Crippen molar-refractivity contribution in [3.8, 4) is 0 Å². The smallest absolute Gasteiger partial charge is 0.383 e. The van der Waals surface area contributed by atoms with Gasteiger partial charge < -0.3 is 10.4 Å². The molecule has 2 aromatic rings. The molecule has 0 aromatic heterocycles. The molecule has 0 saturated heterocycles. The number of halogens is 3. The molecule has 6 heteroatoms. The van der Waals surface area contributed by atoms with Crippen LogP contribution < -0.4 is 5.32 Å². The fraction of sp³-hybridized carbons (Fsp3) is 0.278. The first-order valence-corrected chi connectivity index (χ1v) is 7.56. The van der Waals surface area contributed by atoms with Crippen LogP contribution in [0.25, 0.3) is 0 Å². The molecular weight excluding hydrogens is 319 g/mol. The molecule has 0 bridgehead atoms. The van der Waals surface area contributed by atoms with Crippen LogP contribution >= 0.6 is 0 Å². The molecule has 0 saturated carbocycles. The van der Waals surface area contributed by atoms with Gasteiger partial charge >= 0.3 is 6.18 Å². The van der Waals surface area contributed by atoms with Crippen molar-refractivity contribution in [1.82, 2.24) is 5.32 Å². The predicted molar refractivity (Wildman–Crippen MR) is 82.4 cm³/mol. The van der Waals surface area contributed by atoms with Crippen LogP contribution in [0.2, 0.25) is 0 Å². The summed E-state index contributed by atoms with van der Waals surface area (Å²) in [6, 6.07) is 11.5. The van der Waals surface area contributed by atoms with Crippen molar-refractivity contribution in [2.45, 2.75) is 24.6 Å². The molecule has 0 spiro atoms. The second-order valence-electron chi connectivity index (χ2n) is 5.95. The quantitative estimate of drug-likeness (QED) is 0.904. The summed E-state index contributed by atoms with van der Waals surface area (Å²) in [5, 5.41) is 13.3. The van der Waals surface area contributed by atoms with E-state index < -0.39 is 23.2 Å². The largest absolute Gasteiger partial charge is 0.416 e. The molecule has 3 nitrogen and oxygen atoms in total. The molecule has 2 aromatic carbocycles. The molecule has 24 heavy (non-hydrogen) atoms. The number of carbonyl (C=O) groups excluding carboxylic acids is 1. The maximum atomic E-state index is 12.5. The Kier molecular flexibility index (Phi) is 4.09. The number of aliphatic hydroxyl groups is 1. The Balaban J connectivity index is 1.68. The predicted octanol–water partition coefficient (Wildman–Crippen LogP) is 3.27. The zero-order valence-electron chi connectivity index (χ0n) is 12.7. The average molecular weight is 335 g/mol. The van der Waals surface area contributed by atoms with E-state index in [4.69, 9.17) is 0 Å². The highest BCUT2D eigenvalue weighted by atomic mass is 19.4. The van der Waals surface area contributed by atoms with Gasteiger partial charge in [0.25, 0.3) is 5.91 Å². The molecule has 1 unspecified atom stereocenters. The zero-order chi connectivity index (χ0) is 17.4. The fourth-order valence-corrected chi connectivity index (χ4v) is 2.99. The SMILES string of the molecule is O=C(NCC1(O)CCc2ccccc21)c1ccc(C(F)(F)F)cc1. The summed E-state index contributed by atoms with van der Waals surface area (Å²) in [5.41, 5.74) is 0.0137. The highest BCUT2D eigenvalue weighted by molar-refractivity contribution is 5.94. The molecule has 0 heterocycles. The van der Waals surface area contributed by atoms with Crippen LogP contribution in [-0.2, 0) is 18.2 Å². The molecule has 0 aliphatic heterocycles. The van der Waals surface area contributed by atoms with Crippen LogP contribution in [0.5, 0.6) is 0 Å². The van der Waals surface area contributed by atoms with Gasteiger partial charge in [0.15, 0.2) is 0 Å². The minimum absolute atomic E-state index is 0.0177. The van der Waals surface area contributed by atoms with Gasteiger partial charge in [0.05, 0.1) is 12.1 Å². The van der Waals surface area contributed by atoms with Gasteiger partial charge in [-0.1, -0.05) is 24.3 Å². The molecular formula is C18H16F3NO2. The molecule has 2 N–H and O–H groups in total. The lowest BCUT2D eigenvalue weighted by Gasteiger charge is -2.24. The number of hydrogen-bond donors (Lipinski definition) is 2. The van der Waals surface area contributed by atoms with Crippen molar-refractivity contribution < 1.29 is 23.1 Å². The molecule has 126 valence electrons. The lowest BCUT2D eigenvalue weighted by atomic mass is 9.96. The summed E-state index contributed by atoms with van der Waals surface area (Å²) in [4.78, 5) is 12.1. The number of hydrogen-bond acceptors (Lipinski definition) is 2. The topological polar surface area (TPSA) is 49.3 Å². The van der Waals surface area contributed by atoms with Crippen molar-refractivity contribution in [3.63, 3.8) is 0 Å². The van der Waals surface area contributed by atoms with Crippen LogP contribution in [0.4, 0.5) is 13.2 Å². The number of alkyl halides is 3. The number of rotatable bonds is 3. The summed E-state index contributed by atoms with van der Waals surface area (Å²) < 4.78 is 37.6. The number of carbonyl (C=O) groups is 1. The van der Waals surface area contributed by atoms with E-state index >= 15 is 0 Å². The molecule has 1 aliphatic carbocycles. The molecule has 1 amide bonds. The van der Waals surface area contributed by atoms with E-state index in [1.165, 1.54) is 0 Å². The van der Waals surface area contributed by atoms with E-state index in [1.807, 2.05) is 24.3 Å². The second-order valence-corrected chi connectivity index (χ2v) is 5.95. The van der Waals surface area contributed by atoms with E-state index in [0.29, 0.717) is 6.42 Å². The molecule has 1 atom stereocenters. The lowest BCUT2D eigenvalue weighted by molar-refractivity contribution is -0.137. The summed E-state index contributed by atoms with van der Waals surface area (Å²) in [6.07, 6.45) is -3.21. The number of amides is 1. The van der Waals surface area contributed by atoms with E-state index in [2.05, 4.69) is 5.32 Å². The van der Waals surface area contributed by atoms with Crippen molar-refractivity contribution in [2.24, 2.45) is 0 Å². The van der Waals surface area contributed by atoms with E-state index in [9.17, 15) is 23.1 Å². The van der Waals surface area contributed by atoms with E-state index in [0.717, 1.165) is 41.8 Å². The van der Waals surface area contributed by atoms with Crippen molar-refractivity contribution >= 4 is 5.91 Å². The summed E-state index contributed by atoms with van der Waals surface area (Å²) in [7, 11) is 0. The van der Waals surface area contributed by atoms with Gasteiger partial charge in [-0.05, 0) is 48.2 Å². The van der Waals surface area contributed by atoms with Crippen molar-refractivity contribution in [3.05, 3.63) is 70.8 Å². The van der Waals surface area contributed by atoms with Gasteiger partial charge in [-0.2, -0.15) is 13.2 Å². The number of fused-ring (bicyclic) bond motifs is 1. The normalized spacial score (nSPS) is 19.8.